The van der Waals surface area contributed by atoms with Gasteiger partial charge in [-0.3, -0.25) is 9.88 Å². The number of likely N-dealkylation sites (tertiary alicyclic amines) is 1. The fourth-order valence-electron chi connectivity index (χ4n) is 4.97. The van der Waals surface area contributed by atoms with Crippen LogP contribution in [0.15, 0.2) is 40.9 Å². The molecule has 0 bridgehead atoms. The lowest BCUT2D eigenvalue weighted by molar-refractivity contribution is -0.141. The molecule has 1 unspecified atom stereocenters. The molecular formula is C27H25F5N6O2. The average Bonchev–Trinajstić information content (AvgIpc) is 3.40. The second-order valence-electron chi connectivity index (χ2n) is 9.65. The van der Waals surface area contributed by atoms with Gasteiger partial charge in [-0.15, -0.1) is 10.2 Å². The van der Waals surface area contributed by atoms with E-state index in [9.17, 15) is 27.1 Å². The van der Waals surface area contributed by atoms with Crippen LogP contribution in [0, 0.1) is 25.5 Å². The molecule has 1 fully saturated rings. The number of aliphatic hydroxyl groups excluding tert-OH is 1. The van der Waals surface area contributed by atoms with Crippen molar-refractivity contribution in [3.8, 4) is 22.9 Å². The fraction of sp³-hybridized carbons (Fsp3) is 0.370. The van der Waals surface area contributed by atoms with Gasteiger partial charge < -0.3 is 9.52 Å². The Morgan fingerprint density at radius 2 is 1.70 bits per heavy atom. The Balaban J connectivity index is 1.36. The lowest BCUT2D eigenvalue weighted by atomic mass is 9.89. The van der Waals surface area contributed by atoms with Crippen molar-refractivity contribution in [3.63, 3.8) is 0 Å². The van der Waals surface area contributed by atoms with Crippen molar-refractivity contribution >= 4 is 0 Å². The first-order valence-corrected chi connectivity index (χ1v) is 12.6. The molecule has 1 saturated heterocycles. The summed E-state index contributed by atoms with van der Waals surface area (Å²) < 4.78 is 73.3. The van der Waals surface area contributed by atoms with Gasteiger partial charge in [0.05, 0.1) is 17.0 Å². The maximum atomic E-state index is 14.1. The van der Waals surface area contributed by atoms with Gasteiger partial charge in [0.15, 0.2) is 0 Å². The van der Waals surface area contributed by atoms with Crippen LogP contribution in [0.1, 0.15) is 47.2 Å². The Morgan fingerprint density at radius 1 is 1.02 bits per heavy atom. The molecule has 5 rings (SSSR count). The van der Waals surface area contributed by atoms with E-state index in [1.54, 1.807) is 18.7 Å². The van der Waals surface area contributed by atoms with Crippen molar-refractivity contribution in [2.75, 3.05) is 13.1 Å². The van der Waals surface area contributed by atoms with E-state index in [0.717, 1.165) is 24.4 Å². The molecule has 210 valence electrons. The predicted octanol–water partition coefficient (Wildman–Crippen LogP) is 5.24. The van der Waals surface area contributed by atoms with Crippen LogP contribution in [0.2, 0.25) is 0 Å². The summed E-state index contributed by atoms with van der Waals surface area (Å²) in [7, 11) is 0. The highest BCUT2D eigenvalue weighted by molar-refractivity contribution is 5.63. The van der Waals surface area contributed by atoms with E-state index in [1.807, 2.05) is 0 Å². The molecule has 0 aliphatic carbocycles. The summed E-state index contributed by atoms with van der Waals surface area (Å²) in [6.07, 6.45) is -3.72. The van der Waals surface area contributed by atoms with Crippen LogP contribution >= 0.6 is 0 Å². The molecular weight excluding hydrogens is 535 g/mol. The highest BCUT2D eigenvalue weighted by atomic mass is 19.4. The summed E-state index contributed by atoms with van der Waals surface area (Å²) in [5.41, 5.74) is 0.557. The van der Waals surface area contributed by atoms with Crippen molar-refractivity contribution < 1.29 is 31.5 Å². The van der Waals surface area contributed by atoms with E-state index in [1.165, 1.54) is 12.1 Å². The number of benzene rings is 1. The first-order valence-electron chi connectivity index (χ1n) is 12.6. The number of pyridine rings is 1. The predicted molar refractivity (Wildman–Crippen MR) is 133 cm³/mol. The molecule has 1 N–H and O–H groups in total. The van der Waals surface area contributed by atoms with Gasteiger partial charge in [-0.25, -0.2) is 18.7 Å². The van der Waals surface area contributed by atoms with Gasteiger partial charge in [0, 0.05) is 42.8 Å². The van der Waals surface area contributed by atoms with Crippen LogP contribution in [0.5, 0.6) is 0 Å². The molecule has 1 aliphatic heterocycles. The van der Waals surface area contributed by atoms with Gasteiger partial charge in [-0.2, -0.15) is 13.2 Å². The number of rotatable bonds is 6. The normalized spacial score (nSPS) is 15.9. The van der Waals surface area contributed by atoms with Crippen molar-refractivity contribution in [2.24, 2.45) is 0 Å². The minimum atomic E-state index is -4.63. The molecule has 0 saturated carbocycles. The number of aromatic nitrogens is 5. The Labute approximate surface area is 225 Å². The fourth-order valence-corrected chi connectivity index (χ4v) is 4.97. The van der Waals surface area contributed by atoms with Gasteiger partial charge in [-0.1, -0.05) is 6.07 Å². The Kier molecular flexibility index (Phi) is 7.60. The van der Waals surface area contributed by atoms with Crippen LogP contribution in [0.3, 0.4) is 0 Å². The van der Waals surface area contributed by atoms with Crippen molar-refractivity contribution in [1.29, 1.82) is 0 Å². The van der Waals surface area contributed by atoms with E-state index in [-0.39, 0.29) is 35.2 Å². The van der Waals surface area contributed by atoms with Gasteiger partial charge in [-0.05, 0) is 51.0 Å². The van der Waals surface area contributed by atoms with Crippen molar-refractivity contribution in [3.05, 3.63) is 76.6 Å². The zero-order chi connectivity index (χ0) is 28.6. The van der Waals surface area contributed by atoms with Crippen LogP contribution in [0.4, 0.5) is 22.0 Å². The van der Waals surface area contributed by atoms with E-state index in [2.05, 4.69) is 25.1 Å². The van der Waals surface area contributed by atoms with Gasteiger partial charge in [0.25, 0.3) is 5.89 Å². The third-order valence-corrected chi connectivity index (χ3v) is 6.95. The number of hydrogen-bond donors (Lipinski definition) is 1. The molecule has 1 atom stereocenters. The van der Waals surface area contributed by atoms with Gasteiger partial charge in [0.1, 0.15) is 29.4 Å². The van der Waals surface area contributed by atoms with Crippen LogP contribution in [-0.2, 0) is 12.6 Å². The summed E-state index contributed by atoms with van der Waals surface area (Å²) >= 11 is 0. The number of hydrogen-bond acceptors (Lipinski definition) is 8. The number of nitrogens with zero attached hydrogens (tertiary/aromatic N) is 6. The summed E-state index contributed by atoms with van der Waals surface area (Å²) in [4.78, 5) is 14.2. The number of aliphatic hydroxyl groups is 1. The minimum absolute atomic E-state index is 0.0712. The zero-order valence-electron chi connectivity index (χ0n) is 21.6. The molecule has 0 amide bonds. The first-order chi connectivity index (χ1) is 19.0. The van der Waals surface area contributed by atoms with E-state index in [4.69, 9.17) is 4.42 Å². The molecule has 1 aliphatic rings. The molecule has 3 aromatic heterocycles. The monoisotopic (exact) mass is 560 g/mol. The third kappa shape index (κ3) is 5.70. The molecule has 40 heavy (non-hydrogen) atoms. The number of piperidine rings is 1. The lowest BCUT2D eigenvalue weighted by Crippen LogP contribution is -2.42. The highest BCUT2D eigenvalue weighted by Crippen LogP contribution is 2.37. The maximum absolute atomic E-state index is 14.1. The maximum Gasteiger partial charge on any atom is 0.433 e. The molecule has 4 aromatic rings. The average molecular weight is 561 g/mol. The first kappa shape index (κ1) is 27.7. The lowest BCUT2D eigenvalue weighted by Gasteiger charge is -2.35. The third-order valence-electron chi connectivity index (χ3n) is 6.95. The van der Waals surface area contributed by atoms with E-state index < -0.39 is 29.7 Å². The van der Waals surface area contributed by atoms with E-state index >= 15 is 0 Å². The molecule has 13 heteroatoms. The minimum Gasteiger partial charge on any atom is -0.416 e. The second-order valence-corrected chi connectivity index (χ2v) is 9.65. The molecule has 1 aromatic carbocycles. The smallest absolute Gasteiger partial charge is 0.416 e. The highest BCUT2D eigenvalue weighted by Gasteiger charge is 2.34. The number of alkyl halides is 3. The summed E-state index contributed by atoms with van der Waals surface area (Å²) in [5.74, 6) is -0.997. The molecule has 8 nitrogen and oxygen atoms in total. The van der Waals surface area contributed by atoms with Crippen molar-refractivity contribution in [1.82, 2.24) is 30.0 Å². The summed E-state index contributed by atoms with van der Waals surface area (Å²) in [5, 5.41) is 18.7. The largest absolute Gasteiger partial charge is 0.433 e. The van der Waals surface area contributed by atoms with Crippen molar-refractivity contribution in [2.45, 2.75) is 51.4 Å². The van der Waals surface area contributed by atoms with Crippen LogP contribution in [0.25, 0.3) is 22.9 Å². The topological polar surface area (TPSA) is 101 Å². The molecule has 4 heterocycles. The van der Waals surface area contributed by atoms with Gasteiger partial charge >= 0.3 is 6.18 Å². The van der Waals surface area contributed by atoms with E-state index in [0.29, 0.717) is 48.7 Å². The molecule has 0 radical (unpaired) electrons. The van der Waals surface area contributed by atoms with Crippen LogP contribution in [-0.4, -0.2) is 54.5 Å². The Morgan fingerprint density at radius 3 is 2.38 bits per heavy atom. The quantitative estimate of drug-likeness (QED) is 0.320. The summed E-state index contributed by atoms with van der Waals surface area (Å²) in [6, 6.07) is 5.78. The second kappa shape index (κ2) is 11.0. The molecule has 0 spiro atoms. The Hall–Kier alpha value is -3.84. The van der Waals surface area contributed by atoms with Gasteiger partial charge in [0.2, 0.25) is 5.89 Å². The number of aryl methyl sites for hydroxylation is 2. The van der Waals surface area contributed by atoms with Crippen LogP contribution < -0.4 is 0 Å². The standard InChI is InChI=1S/C27H25F5N6O2/c1-14-23(26-37-36-25(40-26)17-6-9-33-21(12-17)27(30,31)32)24(35-15(2)34-14)16-7-10-38(11-8-16)22(39)13-18-19(28)4-3-5-20(18)29/h3-6,9,12,16,22,39H,7-8,10-11,13H2,1-2H3. The summed E-state index contributed by atoms with van der Waals surface area (Å²) in [6.45, 7) is 4.38. The zero-order valence-corrected chi connectivity index (χ0v) is 21.6. The number of halogens is 5. The Bertz CT molecular complexity index is 1500. The SMILES string of the molecule is Cc1nc(C)c(-c2nnc(-c3ccnc(C(F)(F)F)c3)o2)c(C2CCN(C(O)Cc3c(F)cccc3F)CC2)n1.